The van der Waals surface area contributed by atoms with Gasteiger partial charge in [0.1, 0.15) is 0 Å². The molecule has 2 aliphatic rings. The first-order valence-corrected chi connectivity index (χ1v) is 4.45. The standard InChI is InChI=1S/C8H12N2O3/c11-6-3-5(9-8(12)13)7(10-6)4-1-2-4/h4-5,7,9H,1-3H2,(H,10,11)(H,12,13)/t5-,7+/m0/s1. The SMILES string of the molecule is O=C(O)N[C@H]1CC(=O)N[C@@H]1C1CC1. The van der Waals surface area contributed by atoms with Crippen molar-refractivity contribution in [3.63, 3.8) is 0 Å². The molecule has 1 saturated carbocycles. The van der Waals surface area contributed by atoms with E-state index in [1.54, 1.807) is 0 Å². The van der Waals surface area contributed by atoms with Gasteiger partial charge in [-0.2, -0.15) is 0 Å². The van der Waals surface area contributed by atoms with Crippen LogP contribution in [0, 0.1) is 5.92 Å². The summed E-state index contributed by atoms with van der Waals surface area (Å²) in [6, 6.07) is -0.193. The van der Waals surface area contributed by atoms with Crippen LogP contribution in [0.1, 0.15) is 19.3 Å². The molecule has 13 heavy (non-hydrogen) atoms. The van der Waals surface area contributed by atoms with Gasteiger partial charge in [-0.05, 0) is 18.8 Å². The molecule has 1 aliphatic carbocycles. The number of carbonyl (C=O) groups excluding carboxylic acids is 1. The number of carbonyl (C=O) groups is 2. The number of hydrogen-bond acceptors (Lipinski definition) is 2. The van der Waals surface area contributed by atoms with Crippen molar-refractivity contribution in [3.05, 3.63) is 0 Å². The fourth-order valence-electron chi connectivity index (χ4n) is 1.87. The quantitative estimate of drug-likeness (QED) is 0.561. The maximum Gasteiger partial charge on any atom is 0.404 e. The Morgan fingerprint density at radius 3 is 2.77 bits per heavy atom. The van der Waals surface area contributed by atoms with Gasteiger partial charge >= 0.3 is 6.09 Å². The summed E-state index contributed by atoms with van der Waals surface area (Å²) >= 11 is 0. The Kier molecular flexibility index (Phi) is 1.86. The van der Waals surface area contributed by atoms with E-state index in [2.05, 4.69) is 10.6 Å². The van der Waals surface area contributed by atoms with Gasteiger partial charge in [-0.25, -0.2) is 4.79 Å². The first-order chi connectivity index (χ1) is 6.16. The third-order valence-electron chi connectivity index (χ3n) is 2.61. The second kappa shape index (κ2) is 2.90. The normalized spacial score (nSPS) is 32.8. The number of hydrogen-bond donors (Lipinski definition) is 3. The highest BCUT2D eigenvalue weighted by atomic mass is 16.4. The third-order valence-corrected chi connectivity index (χ3v) is 2.61. The molecule has 0 aromatic heterocycles. The molecule has 0 unspecified atom stereocenters. The van der Waals surface area contributed by atoms with E-state index in [4.69, 9.17) is 5.11 Å². The summed E-state index contributed by atoms with van der Waals surface area (Å²) in [5, 5.41) is 13.7. The average Bonchev–Trinajstić information content (AvgIpc) is 2.77. The van der Waals surface area contributed by atoms with Crippen LogP contribution < -0.4 is 10.6 Å². The van der Waals surface area contributed by atoms with Gasteiger partial charge in [-0.1, -0.05) is 0 Å². The van der Waals surface area contributed by atoms with Crippen molar-refractivity contribution in [2.24, 2.45) is 5.92 Å². The molecule has 0 bridgehead atoms. The lowest BCUT2D eigenvalue weighted by atomic mass is 10.1. The molecule has 2 atom stereocenters. The zero-order valence-electron chi connectivity index (χ0n) is 7.12. The van der Waals surface area contributed by atoms with E-state index in [-0.39, 0.29) is 24.4 Å². The van der Waals surface area contributed by atoms with Gasteiger partial charge < -0.3 is 15.7 Å². The lowest BCUT2D eigenvalue weighted by Gasteiger charge is -2.17. The summed E-state index contributed by atoms with van der Waals surface area (Å²) in [6.45, 7) is 0. The van der Waals surface area contributed by atoms with Gasteiger partial charge in [-0.3, -0.25) is 4.79 Å². The van der Waals surface area contributed by atoms with Gasteiger partial charge in [0.05, 0.1) is 12.1 Å². The molecule has 1 saturated heterocycles. The smallest absolute Gasteiger partial charge is 0.404 e. The lowest BCUT2D eigenvalue weighted by Crippen LogP contribution is -2.44. The molecule has 2 amide bonds. The topological polar surface area (TPSA) is 78.4 Å². The average molecular weight is 184 g/mol. The van der Waals surface area contributed by atoms with Crippen molar-refractivity contribution in [3.8, 4) is 0 Å². The van der Waals surface area contributed by atoms with E-state index in [1.165, 1.54) is 0 Å². The molecule has 3 N–H and O–H groups in total. The molecule has 2 rings (SSSR count). The zero-order chi connectivity index (χ0) is 9.42. The van der Waals surface area contributed by atoms with Gasteiger partial charge in [-0.15, -0.1) is 0 Å². The number of amides is 2. The Morgan fingerprint density at radius 2 is 2.23 bits per heavy atom. The van der Waals surface area contributed by atoms with Crippen molar-refractivity contribution in [1.82, 2.24) is 10.6 Å². The van der Waals surface area contributed by atoms with E-state index in [0.717, 1.165) is 12.8 Å². The van der Waals surface area contributed by atoms with Crippen LogP contribution in [0.3, 0.4) is 0 Å². The molecule has 1 aliphatic heterocycles. The number of carboxylic acid groups (broad SMARTS) is 1. The largest absolute Gasteiger partial charge is 0.465 e. The third kappa shape index (κ3) is 1.74. The van der Waals surface area contributed by atoms with Gasteiger partial charge in [0.15, 0.2) is 0 Å². The summed E-state index contributed by atoms with van der Waals surface area (Å²) in [6.07, 6.45) is 1.44. The highest BCUT2D eigenvalue weighted by Gasteiger charge is 2.43. The lowest BCUT2D eigenvalue weighted by molar-refractivity contribution is -0.119. The molecule has 0 aromatic rings. The number of nitrogens with one attached hydrogen (secondary N) is 2. The second-order valence-corrected chi connectivity index (χ2v) is 3.69. The molecule has 0 radical (unpaired) electrons. The summed E-state index contributed by atoms with van der Waals surface area (Å²) in [5.41, 5.74) is 0. The zero-order valence-corrected chi connectivity index (χ0v) is 7.12. The molecule has 72 valence electrons. The molecule has 5 heteroatoms. The molecule has 5 nitrogen and oxygen atoms in total. The summed E-state index contributed by atoms with van der Waals surface area (Å²) < 4.78 is 0. The molecule has 2 fully saturated rings. The minimum Gasteiger partial charge on any atom is -0.465 e. The van der Waals surface area contributed by atoms with E-state index in [0.29, 0.717) is 5.92 Å². The van der Waals surface area contributed by atoms with Crippen LogP contribution in [-0.4, -0.2) is 29.2 Å². The van der Waals surface area contributed by atoms with Crippen molar-refractivity contribution in [1.29, 1.82) is 0 Å². The van der Waals surface area contributed by atoms with E-state index in [9.17, 15) is 9.59 Å². The van der Waals surface area contributed by atoms with Crippen LogP contribution in [0.15, 0.2) is 0 Å². The Balaban J connectivity index is 1.98. The molecule has 0 aromatic carbocycles. The predicted molar refractivity (Wildman–Crippen MR) is 44.2 cm³/mol. The van der Waals surface area contributed by atoms with Crippen LogP contribution in [0.5, 0.6) is 0 Å². The Labute approximate surface area is 75.5 Å². The first-order valence-electron chi connectivity index (χ1n) is 4.45. The summed E-state index contributed by atoms with van der Waals surface area (Å²) in [4.78, 5) is 21.4. The van der Waals surface area contributed by atoms with E-state index >= 15 is 0 Å². The van der Waals surface area contributed by atoms with Gasteiger partial charge in [0.2, 0.25) is 5.91 Å². The Bertz CT molecular complexity index is 250. The predicted octanol–water partition coefficient (Wildman–Crippen LogP) is -0.0789. The van der Waals surface area contributed by atoms with E-state index < -0.39 is 6.09 Å². The van der Waals surface area contributed by atoms with Crippen LogP contribution in [0.25, 0.3) is 0 Å². The highest BCUT2D eigenvalue weighted by molar-refractivity contribution is 5.81. The Morgan fingerprint density at radius 1 is 1.54 bits per heavy atom. The van der Waals surface area contributed by atoms with E-state index in [1.807, 2.05) is 0 Å². The fraction of sp³-hybridized carbons (Fsp3) is 0.750. The first kappa shape index (κ1) is 8.34. The van der Waals surface area contributed by atoms with Gasteiger partial charge in [0, 0.05) is 6.42 Å². The molecular weight excluding hydrogens is 172 g/mol. The minimum atomic E-state index is -1.05. The number of rotatable bonds is 2. The highest BCUT2D eigenvalue weighted by Crippen LogP contribution is 2.36. The summed E-state index contributed by atoms with van der Waals surface area (Å²) in [7, 11) is 0. The fourth-order valence-corrected chi connectivity index (χ4v) is 1.87. The van der Waals surface area contributed by atoms with Crippen LogP contribution >= 0.6 is 0 Å². The Hall–Kier alpha value is -1.26. The maximum atomic E-state index is 11.0. The molecular formula is C8H12N2O3. The van der Waals surface area contributed by atoms with Crippen molar-refractivity contribution in [2.45, 2.75) is 31.3 Å². The molecule has 1 heterocycles. The maximum absolute atomic E-state index is 11.0. The monoisotopic (exact) mass is 184 g/mol. The van der Waals surface area contributed by atoms with Crippen molar-refractivity contribution >= 4 is 12.0 Å². The summed E-state index contributed by atoms with van der Waals surface area (Å²) in [5.74, 6) is 0.443. The molecule has 0 spiro atoms. The van der Waals surface area contributed by atoms with Crippen LogP contribution in [-0.2, 0) is 4.79 Å². The van der Waals surface area contributed by atoms with Crippen molar-refractivity contribution in [2.75, 3.05) is 0 Å². The minimum absolute atomic E-state index is 0.0311. The van der Waals surface area contributed by atoms with Gasteiger partial charge in [0.25, 0.3) is 0 Å². The van der Waals surface area contributed by atoms with Crippen LogP contribution in [0.2, 0.25) is 0 Å². The second-order valence-electron chi connectivity index (χ2n) is 3.69. The van der Waals surface area contributed by atoms with Crippen molar-refractivity contribution < 1.29 is 14.7 Å². The van der Waals surface area contributed by atoms with Crippen LogP contribution in [0.4, 0.5) is 4.79 Å².